The normalized spacial score (nSPS) is 11.8. The fourth-order valence-corrected chi connectivity index (χ4v) is 4.03. The summed E-state index contributed by atoms with van der Waals surface area (Å²) in [5.74, 6) is 2.36. The summed E-state index contributed by atoms with van der Waals surface area (Å²) < 4.78 is 2.88. The molecule has 3 nitrogen and oxygen atoms in total. The number of aryl methyl sites for hydroxylation is 1. The average Bonchev–Trinajstić information content (AvgIpc) is 3.13. The maximum atomic E-state index is 12.2. The van der Waals surface area contributed by atoms with Gasteiger partial charge in [0.25, 0.3) is 5.91 Å². The predicted octanol–water partition coefficient (Wildman–Crippen LogP) is 4.10. The summed E-state index contributed by atoms with van der Waals surface area (Å²) in [6.45, 7) is 2.28. The molecule has 6 heteroatoms. The third-order valence-electron chi connectivity index (χ3n) is 3.21. The molecular formula is C16H11ClN2OS2. The van der Waals surface area contributed by atoms with E-state index in [1.807, 2.05) is 35.1 Å². The van der Waals surface area contributed by atoms with Gasteiger partial charge in [0, 0.05) is 5.02 Å². The molecule has 0 aliphatic rings. The van der Waals surface area contributed by atoms with E-state index in [0.29, 0.717) is 21.2 Å². The second-order valence-corrected chi connectivity index (χ2v) is 6.95. The highest BCUT2D eigenvalue weighted by molar-refractivity contribution is 7.16. The first-order valence-electron chi connectivity index (χ1n) is 6.46. The topological polar surface area (TPSA) is 34.4 Å². The van der Waals surface area contributed by atoms with E-state index >= 15 is 0 Å². The Bertz CT molecular complexity index is 959. The van der Waals surface area contributed by atoms with Crippen LogP contribution in [0.1, 0.15) is 15.2 Å². The Morgan fingerprint density at radius 3 is 2.95 bits per heavy atom. The summed E-state index contributed by atoms with van der Waals surface area (Å²) in [5, 5.41) is 2.53. The molecule has 2 heterocycles. The maximum absolute atomic E-state index is 12.2. The van der Waals surface area contributed by atoms with Gasteiger partial charge >= 0.3 is 0 Å². The third-order valence-corrected chi connectivity index (χ3v) is 5.52. The fraction of sp³-hybridized carbons (Fsp3) is 0.125. The second kappa shape index (κ2) is 6.09. The van der Waals surface area contributed by atoms with Gasteiger partial charge < -0.3 is 4.57 Å². The summed E-state index contributed by atoms with van der Waals surface area (Å²) >= 11 is 9.01. The van der Waals surface area contributed by atoms with Crippen LogP contribution in [-0.4, -0.2) is 10.5 Å². The number of aromatic nitrogens is 1. The molecule has 0 radical (unpaired) electrons. The largest absolute Gasteiger partial charge is 0.304 e. The van der Waals surface area contributed by atoms with Gasteiger partial charge in [-0.25, -0.2) is 0 Å². The van der Waals surface area contributed by atoms with Crippen LogP contribution in [0.2, 0.25) is 5.02 Å². The number of amides is 1. The third kappa shape index (κ3) is 2.61. The van der Waals surface area contributed by atoms with Crippen molar-refractivity contribution in [1.29, 1.82) is 0 Å². The lowest BCUT2D eigenvalue weighted by atomic mass is 10.2. The first kappa shape index (κ1) is 15.0. The van der Waals surface area contributed by atoms with Gasteiger partial charge in [-0.1, -0.05) is 34.9 Å². The van der Waals surface area contributed by atoms with E-state index in [9.17, 15) is 4.79 Å². The van der Waals surface area contributed by atoms with Crippen LogP contribution in [0.5, 0.6) is 0 Å². The molecule has 0 atom stereocenters. The molecule has 0 N–H and O–H groups in total. The minimum atomic E-state index is -0.254. The van der Waals surface area contributed by atoms with Crippen LogP contribution in [0.25, 0.3) is 10.2 Å². The van der Waals surface area contributed by atoms with Crippen molar-refractivity contribution in [1.82, 2.24) is 4.57 Å². The summed E-state index contributed by atoms with van der Waals surface area (Å²) in [5.41, 5.74) is 1.88. The monoisotopic (exact) mass is 346 g/mol. The number of carbonyl (C=O) groups is 1. The lowest BCUT2D eigenvalue weighted by molar-refractivity contribution is 0.100. The van der Waals surface area contributed by atoms with Crippen molar-refractivity contribution in [3.8, 4) is 12.3 Å². The van der Waals surface area contributed by atoms with Gasteiger partial charge in [0.2, 0.25) is 0 Å². The first-order valence-corrected chi connectivity index (χ1v) is 8.53. The van der Waals surface area contributed by atoms with Gasteiger partial charge in [-0.15, -0.1) is 17.8 Å². The van der Waals surface area contributed by atoms with Gasteiger partial charge in [-0.3, -0.25) is 4.79 Å². The van der Waals surface area contributed by atoms with Crippen molar-refractivity contribution in [2.24, 2.45) is 4.99 Å². The van der Waals surface area contributed by atoms with E-state index in [1.165, 1.54) is 22.7 Å². The Hall–Kier alpha value is -1.87. The predicted molar refractivity (Wildman–Crippen MR) is 92.6 cm³/mol. The number of halogens is 1. The number of benzene rings is 1. The fourth-order valence-electron chi connectivity index (χ4n) is 2.18. The molecule has 3 rings (SSSR count). The van der Waals surface area contributed by atoms with Crippen LogP contribution in [0.3, 0.4) is 0 Å². The molecule has 0 unspecified atom stereocenters. The molecule has 2 aromatic heterocycles. The molecule has 1 amide bonds. The SMILES string of the molecule is C#CCn1c(=NC(=O)c2cccs2)sc2ccc(Cl)c(C)c21. The zero-order valence-corrected chi connectivity index (χ0v) is 14.1. The highest BCUT2D eigenvalue weighted by Crippen LogP contribution is 2.27. The minimum Gasteiger partial charge on any atom is -0.304 e. The first-order chi connectivity index (χ1) is 10.6. The number of fused-ring (bicyclic) bond motifs is 1. The van der Waals surface area contributed by atoms with Crippen LogP contribution in [-0.2, 0) is 6.54 Å². The number of terminal acetylenes is 1. The average molecular weight is 347 g/mol. The number of thiophene rings is 1. The Balaban J connectivity index is 2.26. The second-order valence-electron chi connectivity index (χ2n) is 4.59. The Kier molecular flexibility index (Phi) is 4.16. The molecule has 0 saturated heterocycles. The van der Waals surface area contributed by atoms with Crippen molar-refractivity contribution in [3.05, 3.63) is 49.9 Å². The van der Waals surface area contributed by atoms with Gasteiger partial charge in [-0.05, 0) is 36.1 Å². The van der Waals surface area contributed by atoms with Crippen LogP contribution in [0, 0.1) is 19.3 Å². The van der Waals surface area contributed by atoms with E-state index in [0.717, 1.165) is 15.8 Å². The molecule has 110 valence electrons. The smallest absolute Gasteiger partial charge is 0.289 e. The zero-order valence-electron chi connectivity index (χ0n) is 11.7. The summed E-state index contributed by atoms with van der Waals surface area (Å²) in [4.78, 5) is 17.7. The lowest BCUT2D eigenvalue weighted by Crippen LogP contribution is -2.16. The minimum absolute atomic E-state index is 0.254. The molecule has 0 fully saturated rings. The standard InChI is InChI=1S/C16H11ClN2OS2/c1-3-8-19-14-10(2)11(17)6-7-12(14)22-16(19)18-15(20)13-5-4-9-21-13/h1,4-7,9H,8H2,2H3. The molecule has 22 heavy (non-hydrogen) atoms. The molecule has 0 aliphatic heterocycles. The molecule has 0 spiro atoms. The van der Waals surface area contributed by atoms with Crippen molar-refractivity contribution in [3.63, 3.8) is 0 Å². The summed E-state index contributed by atoms with van der Waals surface area (Å²) in [6.07, 6.45) is 5.47. The highest BCUT2D eigenvalue weighted by atomic mass is 35.5. The number of nitrogens with zero attached hydrogens (tertiary/aromatic N) is 2. The van der Waals surface area contributed by atoms with E-state index in [4.69, 9.17) is 18.0 Å². The van der Waals surface area contributed by atoms with Crippen LogP contribution < -0.4 is 4.80 Å². The lowest BCUT2D eigenvalue weighted by Gasteiger charge is -2.04. The van der Waals surface area contributed by atoms with Gasteiger partial charge in [0.1, 0.15) is 0 Å². The van der Waals surface area contributed by atoms with Crippen molar-refractivity contribution < 1.29 is 4.79 Å². The number of rotatable bonds is 2. The van der Waals surface area contributed by atoms with Crippen LogP contribution in [0.4, 0.5) is 0 Å². The van der Waals surface area contributed by atoms with Crippen LogP contribution >= 0.6 is 34.3 Å². The number of carbonyl (C=O) groups excluding carboxylic acids is 1. The van der Waals surface area contributed by atoms with Gasteiger partial charge in [0.05, 0.1) is 21.6 Å². The molecule has 3 aromatic rings. The van der Waals surface area contributed by atoms with Crippen molar-refractivity contribution in [2.45, 2.75) is 13.5 Å². The number of hydrogen-bond acceptors (Lipinski definition) is 3. The van der Waals surface area contributed by atoms with Gasteiger partial charge in [-0.2, -0.15) is 4.99 Å². The molecular weight excluding hydrogens is 336 g/mol. The van der Waals surface area contributed by atoms with E-state index in [2.05, 4.69) is 10.9 Å². The quantitative estimate of drug-likeness (QED) is 0.643. The number of thiazole rings is 1. The van der Waals surface area contributed by atoms with Crippen molar-refractivity contribution in [2.75, 3.05) is 0 Å². The van der Waals surface area contributed by atoms with E-state index < -0.39 is 0 Å². The van der Waals surface area contributed by atoms with Crippen molar-refractivity contribution >= 4 is 50.4 Å². The highest BCUT2D eigenvalue weighted by Gasteiger charge is 2.12. The summed E-state index contributed by atoms with van der Waals surface area (Å²) in [7, 11) is 0. The van der Waals surface area contributed by atoms with Gasteiger partial charge in [0.15, 0.2) is 4.80 Å². The van der Waals surface area contributed by atoms with E-state index in [1.54, 1.807) is 6.07 Å². The number of hydrogen-bond donors (Lipinski definition) is 0. The van der Waals surface area contributed by atoms with E-state index in [-0.39, 0.29) is 5.91 Å². The Labute approximate surface area is 140 Å². The Morgan fingerprint density at radius 2 is 2.27 bits per heavy atom. The van der Waals surface area contributed by atoms with Crippen LogP contribution in [0.15, 0.2) is 34.6 Å². The maximum Gasteiger partial charge on any atom is 0.289 e. The molecule has 0 aliphatic carbocycles. The zero-order chi connectivity index (χ0) is 15.7. The Morgan fingerprint density at radius 1 is 1.45 bits per heavy atom. The molecule has 0 saturated carbocycles. The molecule has 1 aromatic carbocycles. The summed E-state index contributed by atoms with van der Waals surface area (Å²) in [6, 6.07) is 7.37. The molecule has 0 bridgehead atoms.